The molecule has 5 aromatic rings. The molecule has 0 N–H and O–H groups in total. The van der Waals surface area contributed by atoms with Crippen molar-refractivity contribution in [1.29, 1.82) is 0 Å². The van der Waals surface area contributed by atoms with Gasteiger partial charge >= 0.3 is 0 Å². The first-order valence-electron chi connectivity index (χ1n) is 27.0. The summed E-state index contributed by atoms with van der Waals surface area (Å²) < 4.78 is 11.1. The van der Waals surface area contributed by atoms with Crippen LogP contribution in [0.4, 0.5) is 0 Å². The third-order valence-corrected chi connectivity index (χ3v) is 18.1. The summed E-state index contributed by atoms with van der Waals surface area (Å²) in [7, 11) is 0. The number of hydrogen-bond donors (Lipinski definition) is 0. The maximum atomic E-state index is 5.52. The van der Waals surface area contributed by atoms with E-state index in [1.807, 2.05) is 22.7 Å². The number of hydrogen-bond acceptors (Lipinski definition) is 7. The van der Waals surface area contributed by atoms with Crippen LogP contribution < -0.4 is 0 Å². The molecule has 0 bridgehead atoms. The molecule has 0 spiro atoms. The van der Waals surface area contributed by atoms with Gasteiger partial charge in [-0.25, -0.2) is 9.97 Å². The van der Waals surface area contributed by atoms with Crippen LogP contribution in [-0.4, -0.2) is 18.7 Å². The van der Waals surface area contributed by atoms with Crippen molar-refractivity contribution >= 4 is 88.3 Å². The molecule has 0 aliphatic rings. The lowest BCUT2D eigenvalue weighted by Crippen LogP contribution is -2.04. The summed E-state index contributed by atoms with van der Waals surface area (Å²) in [6.45, 7) is 9.27. The standard InChI is InChI=1S/C56H86Br2N4S3/c1-5-9-13-17-21-23-27-31-35-43(33-29-25-19-15-11-7-3)41-45-37-39-47(63-45)51-52(60-54-50(58)56-55(61-65-62-56)49(57)53(54)59-51)48-40-38-46(64-48)42-44(34-30-26-20-16-12-8-4)36-32-28-24-22-18-14-10-6-2/h37-40,43-44H,5-36,41-42H2,1-4H3. The summed E-state index contributed by atoms with van der Waals surface area (Å²) in [4.78, 5) is 16.5. The second kappa shape index (κ2) is 32.5. The van der Waals surface area contributed by atoms with Crippen LogP contribution in [0, 0.1) is 11.8 Å². The smallest absolute Gasteiger partial charge is 0.122 e. The lowest BCUT2D eigenvalue weighted by Gasteiger charge is -2.16. The molecule has 2 atom stereocenters. The number of aromatic nitrogens is 4. The fourth-order valence-corrected chi connectivity index (χ4v) is 14.0. The van der Waals surface area contributed by atoms with E-state index in [1.165, 1.54) is 250 Å². The second-order valence-electron chi connectivity index (χ2n) is 19.5. The van der Waals surface area contributed by atoms with Crippen molar-refractivity contribution in [3.63, 3.8) is 0 Å². The predicted octanol–water partition coefficient (Wildman–Crippen LogP) is 21.5. The molecule has 5 rings (SSSR count). The minimum atomic E-state index is 0.750. The first kappa shape index (κ1) is 54.7. The molecule has 4 heterocycles. The molecule has 2 unspecified atom stereocenters. The van der Waals surface area contributed by atoms with E-state index >= 15 is 0 Å². The number of nitrogens with zero attached hydrogens (tertiary/aromatic N) is 4. The van der Waals surface area contributed by atoms with Gasteiger partial charge in [-0.2, -0.15) is 8.75 Å². The van der Waals surface area contributed by atoms with E-state index in [2.05, 4.69) is 92.6 Å². The summed E-state index contributed by atoms with van der Waals surface area (Å²) in [6.07, 6.45) is 46.5. The minimum Gasteiger partial charge on any atom is -0.242 e. The fourth-order valence-electron chi connectivity index (χ4n) is 9.84. The zero-order valence-electron chi connectivity index (χ0n) is 41.3. The molecule has 0 fully saturated rings. The Kier molecular flexibility index (Phi) is 27.4. The van der Waals surface area contributed by atoms with Gasteiger partial charge in [0.2, 0.25) is 0 Å². The van der Waals surface area contributed by atoms with Crippen LogP contribution in [0.3, 0.4) is 0 Å². The van der Waals surface area contributed by atoms with Gasteiger partial charge in [0.25, 0.3) is 0 Å². The summed E-state index contributed by atoms with van der Waals surface area (Å²) in [5.41, 5.74) is 5.38. The number of benzene rings is 1. The first-order valence-corrected chi connectivity index (χ1v) is 30.9. The maximum absolute atomic E-state index is 5.52. The Labute approximate surface area is 425 Å². The Hall–Kier alpha value is -1.26. The van der Waals surface area contributed by atoms with Crippen LogP contribution in [-0.2, 0) is 12.8 Å². The maximum Gasteiger partial charge on any atom is 0.122 e. The van der Waals surface area contributed by atoms with Crippen molar-refractivity contribution in [3.05, 3.63) is 43.0 Å². The largest absolute Gasteiger partial charge is 0.242 e. The van der Waals surface area contributed by atoms with E-state index in [0.717, 1.165) is 54.2 Å². The molecular formula is C56H86Br2N4S3. The highest BCUT2D eigenvalue weighted by molar-refractivity contribution is 9.11. The van der Waals surface area contributed by atoms with Crippen LogP contribution in [0.1, 0.15) is 243 Å². The van der Waals surface area contributed by atoms with E-state index in [9.17, 15) is 0 Å². The van der Waals surface area contributed by atoms with Gasteiger partial charge in [-0.05, 0) is 80.8 Å². The third kappa shape index (κ3) is 18.9. The molecule has 362 valence electrons. The van der Waals surface area contributed by atoms with Crippen LogP contribution in [0.5, 0.6) is 0 Å². The van der Waals surface area contributed by atoms with Crippen LogP contribution >= 0.6 is 66.3 Å². The SMILES string of the molecule is CCCCCCCCCCC(CCCCCCCC)Cc1ccc(-c2nc3c(Br)c4nsnc4c(Br)c3nc2-c2ccc(CC(CCCCCCCC)CCCCCCCCCC)s2)s1. The molecule has 0 radical (unpaired) electrons. The molecule has 0 aliphatic heterocycles. The fraction of sp³-hybridized carbons (Fsp3) is 0.714. The monoisotopic (exact) mass is 1070 g/mol. The summed E-state index contributed by atoms with van der Waals surface area (Å²) in [6, 6.07) is 9.51. The normalized spacial score (nSPS) is 12.9. The molecule has 4 aromatic heterocycles. The van der Waals surface area contributed by atoms with Gasteiger partial charge in [0.1, 0.15) is 33.5 Å². The zero-order chi connectivity index (χ0) is 45.9. The van der Waals surface area contributed by atoms with Gasteiger partial charge in [0.05, 0.1) is 30.4 Å². The summed E-state index contributed by atoms with van der Waals surface area (Å²) in [5, 5.41) is 0. The number of fused-ring (bicyclic) bond motifs is 2. The van der Waals surface area contributed by atoms with Crippen molar-refractivity contribution in [2.24, 2.45) is 11.8 Å². The van der Waals surface area contributed by atoms with Gasteiger partial charge in [0.15, 0.2) is 0 Å². The summed E-state index contributed by atoms with van der Waals surface area (Å²) >= 11 is 13.0. The molecule has 1 aromatic carbocycles. The average Bonchev–Trinajstić information content (AvgIpc) is 4.12. The highest BCUT2D eigenvalue weighted by Crippen LogP contribution is 2.43. The Morgan fingerprint density at radius 1 is 0.385 bits per heavy atom. The lowest BCUT2D eigenvalue weighted by molar-refractivity contribution is 0.402. The lowest BCUT2D eigenvalue weighted by atomic mass is 9.91. The van der Waals surface area contributed by atoms with Gasteiger partial charge < -0.3 is 0 Å². The average molecular weight is 1070 g/mol. The van der Waals surface area contributed by atoms with E-state index < -0.39 is 0 Å². The first-order chi connectivity index (χ1) is 32.0. The molecule has 65 heavy (non-hydrogen) atoms. The van der Waals surface area contributed by atoms with Crippen molar-refractivity contribution in [1.82, 2.24) is 18.7 Å². The Morgan fingerprint density at radius 3 is 0.985 bits per heavy atom. The summed E-state index contributed by atoms with van der Waals surface area (Å²) in [5.74, 6) is 1.50. The zero-order valence-corrected chi connectivity index (χ0v) is 46.9. The van der Waals surface area contributed by atoms with Gasteiger partial charge in [-0.3, -0.25) is 0 Å². The van der Waals surface area contributed by atoms with Crippen molar-refractivity contribution in [2.75, 3.05) is 0 Å². The third-order valence-electron chi connectivity index (χ3n) is 13.8. The Morgan fingerprint density at radius 2 is 0.677 bits per heavy atom. The second-order valence-corrected chi connectivity index (χ2v) is 24.0. The van der Waals surface area contributed by atoms with Crippen molar-refractivity contribution < 1.29 is 0 Å². The Balaban J connectivity index is 1.36. The van der Waals surface area contributed by atoms with Crippen LogP contribution in [0.15, 0.2) is 33.2 Å². The Bertz CT molecular complexity index is 1880. The number of rotatable bonds is 38. The van der Waals surface area contributed by atoms with E-state index in [0.29, 0.717) is 0 Å². The highest BCUT2D eigenvalue weighted by Gasteiger charge is 2.24. The topological polar surface area (TPSA) is 51.6 Å². The van der Waals surface area contributed by atoms with Crippen LogP contribution in [0.2, 0.25) is 0 Å². The van der Waals surface area contributed by atoms with E-state index in [4.69, 9.17) is 9.97 Å². The predicted molar refractivity (Wildman–Crippen MR) is 297 cm³/mol. The van der Waals surface area contributed by atoms with Gasteiger partial charge in [0, 0.05) is 9.75 Å². The number of halogens is 2. The molecule has 0 saturated heterocycles. The van der Waals surface area contributed by atoms with Crippen LogP contribution in [0.25, 0.3) is 43.2 Å². The van der Waals surface area contributed by atoms with Gasteiger partial charge in [-0.15, -0.1) is 22.7 Å². The number of unbranched alkanes of at least 4 members (excludes halogenated alkanes) is 24. The highest BCUT2D eigenvalue weighted by atomic mass is 79.9. The minimum absolute atomic E-state index is 0.750. The molecular weight excluding hydrogens is 985 g/mol. The van der Waals surface area contributed by atoms with Gasteiger partial charge in [-0.1, -0.05) is 233 Å². The number of thiophene rings is 2. The molecule has 0 aliphatic carbocycles. The van der Waals surface area contributed by atoms with E-state index in [-0.39, 0.29) is 0 Å². The van der Waals surface area contributed by atoms with E-state index in [1.54, 1.807) is 0 Å². The quantitative estimate of drug-likeness (QED) is 0.0370. The van der Waals surface area contributed by atoms with Crippen molar-refractivity contribution in [2.45, 2.75) is 246 Å². The molecule has 9 heteroatoms. The molecule has 0 amide bonds. The molecule has 0 saturated carbocycles. The van der Waals surface area contributed by atoms with Crippen molar-refractivity contribution in [3.8, 4) is 21.1 Å². The molecule has 4 nitrogen and oxygen atoms in total.